The van der Waals surface area contributed by atoms with Gasteiger partial charge in [0.1, 0.15) is 18.2 Å². The molecule has 2 aromatic rings. The lowest BCUT2D eigenvalue weighted by atomic mass is 10.2. The highest BCUT2D eigenvalue weighted by Gasteiger charge is 2.07. The van der Waals surface area contributed by atoms with Gasteiger partial charge in [-0.3, -0.25) is 4.79 Å². The zero-order chi connectivity index (χ0) is 13.0. The van der Waals surface area contributed by atoms with Crippen molar-refractivity contribution >= 4 is 17.9 Å². The van der Waals surface area contributed by atoms with Crippen molar-refractivity contribution in [3.8, 4) is 5.75 Å². The van der Waals surface area contributed by atoms with Gasteiger partial charge in [0.05, 0.1) is 17.1 Å². The van der Waals surface area contributed by atoms with Crippen molar-refractivity contribution < 1.29 is 9.53 Å². The molecule has 0 spiro atoms. The first-order valence-electron chi connectivity index (χ1n) is 5.56. The molecule has 4 nitrogen and oxygen atoms in total. The van der Waals surface area contributed by atoms with E-state index in [1.165, 1.54) is 0 Å². The van der Waals surface area contributed by atoms with Crippen LogP contribution in [-0.2, 0) is 6.54 Å². The van der Waals surface area contributed by atoms with Gasteiger partial charge in [0.2, 0.25) is 0 Å². The van der Waals surface area contributed by atoms with Crippen molar-refractivity contribution in [2.45, 2.75) is 13.5 Å². The van der Waals surface area contributed by atoms with Crippen molar-refractivity contribution in [1.82, 2.24) is 9.55 Å². The molecule has 2 rings (SSSR count). The van der Waals surface area contributed by atoms with Gasteiger partial charge < -0.3 is 9.30 Å². The molecule has 0 radical (unpaired) electrons. The summed E-state index contributed by atoms with van der Waals surface area (Å²) >= 11 is 5.91. The topological polar surface area (TPSA) is 44.1 Å². The maximum Gasteiger partial charge on any atom is 0.155 e. The fourth-order valence-corrected chi connectivity index (χ4v) is 1.86. The first-order valence-corrected chi connectivity index (χ1v) is 5.94. The van der Waals surface area contributed by atoms with Crippen LogP contribution in [0.5, 0.6) is 5.75 Å². The van der Waals surface area contributed by atoms with Gasteiger partial charge in [-0.15, -0.1) is 0 Å². The van der Waals surface area contributed by atoms with E-state index < -0.39 is 0 Å². The Kier molecular flexibility index (Phi) is 3.99. The average Bonchev–Trinajstić information content (AvgIpc) is 2.75. The van der Waals surface area contributed by atoms with Crippen LogP contribution in [0.1, 0.15) is 16.2 Å². The van der Waals surface area contributed by atoms with Gasteiger partial charge in [-0.2, -0.15) is 0 Å². The van der Waals surface area contributed by atoms with Gasteiger partial charge in [-0.1, -0.05) is 17.7 Å². The summed E-state index contributed by atoms with van der Waals surface area (Å²) in [5.41, 5.74) is 0.390. The van der Waals surface area contributed by atoms with Gasteiger partial charge in [0, 0.05) is 12.4 Å². The van der Waals surface area contributed by atoms with Crippen molar-refractivity contribution in [2.75, 3.05) is 6.61 Å². The molecule has 0 N–H and O–H groups in total. The Morgan fingerprint density at radius 3 is 3.00 bits per heavy atom. The number of nitrogens with zero attached hydrogens (tertiary/aromatic N) is 2. The van der Waals surface area contributed by atoms with Crippen LogP contribution in [0.15, 0.2) is 30.6 Å². The third-order valence-corrected chi connectivity index (χ3v) is 2.97. The van der Waals surface area contributed by atoms with Gasteiger partial charge in [-0.05, 0) is 19.1 Å². The minimum Gasteiger partial charge on any atom is -0.491 e. The summed E-state index contributed by atoms with van der Waals surface area (Å²) in [6.07, 6.45) is 4.34. The molecule has 0 bridgehead atoms. The number of rotatable bonds is 5. The van der Waals surface area contributed by atoms with E-state index in [1.807, 2.05) is 17.7 Å². The maximum atomic E-state index is 10.9. The zero-order valence-corrected chi connectivity index (χ0v) is 10.7. The van der Waals surface area contributed by atoms with Crippen LogP contribution in [-0.4, -0.2) is 22.4 Å². The summed E-state index contributed by atoms with van der Waals surface area (Å²) in [7, 11) is 0. The van der Waals surface area contributed by atoms with Crippen molar-refractivity contribution in [1.29, 1.82) is 0 Å². The fraction of sp³-hybridized carbons (Fsp3) is 0.231. The maximum absolute atomic E-state index is 10.9. The first-order chi connectivity index (χ1) is 8.72. The Hall–Kier alpha value is -1.81. The molecule has 1 aromatic carbocycles. The number of aromatic nitrogens is 2. The molecule has 0 aliphatic carbocycles. The SMILES string of the molecule is Cc1nccn1CCOc1cccc(Cl)c1C=O. The van der Waals surface area contributed by atoms with E-state index in [0.29, 0.717) is 35.8 Å². The van der Waals surface area contributed by atoms with Gasteiger partial charge in [-0.25, -0.2) is 4.98 Å². The monoisotopic (exact) mass is 264 g/mol. The van der Waals surface area contributed by atoms with Crippen LogP contribution in [0.2, 0.25) is 5.02 Å². The molecular weight excluding hydrogens is 252 g/mol. The van der Waals surface area contributed by atoms with Gasteiger partial charge in [0.15, 0.2) is 6.29 Å². The summed E-state index contributed by atoms with van der Waals surface area (Å²) in [4.78, 5) is 15.0. The van der Waals surface area contributed by atoms with Crippen LogP contribution in [0, 0.1) is 6.92 Å². The number of ether oxygens (including phenoxy) is 1. The molecule has 0 amide bonds. The summed E-state index contributed by atoms with van der Waals surface area (Å²) < 4.78 is 7.55. The minimum absolute atomic E-state index is 0.390. The number of hydrogen-bond donors (Lipinski definition) is 0. The lowest BCUT2D eigenvalue weighted by Gasteiger charge is -2.10. The number of aryl methyl sites for hydroxylation is 1. The van der Waals surface area contributed by atoms with Crippen molar-refractivity contribution in [3.05, 3.63) is 47.0 Å². The Labute approximate surface area is 110 Å². The molecular formula is C13H13ClN2O2. The number of carbonyl (C=O) groups excluding carboxylic acids is 1. The summed E-state index contributed by atoms with van der Waals surface area (Å²) in [5.74, 6) is 1.44. The fourth-order valence-electron chi connectivity index (χ4n) is 1.65. The third-order valence-electron chi connectivity index (χ3n) is 2.64. The Morgan fingerprint density at radius 1 is 1.50 bits per heavy atom. The van der Waals surface area contributed by atoms with E-state index in [0.717, 1.165) is 5.82 Å². The number of aldehydes is 1. The highest BCUT2D eigenvalue weighted by molar-refractivity contribution is 6.33. The van der Waals surface area contributed by atoms with Crippen LogP contribution >= 0.6 is 11.6 Å². The molecule has 5 heteroatoms. The predicted molar refractivity (Wildman–Crippen MR) is 69.3 cm³/mol. The molecule has 0 saturated heterocycles. The second-order valence-corrected chi connectivity index (χ2v) is 4.19. The molecule has 18 heavy (non-hydrogen) atoms. The molecule has 0 unspecified atom stereocenters. The van der Waals surface area contributed by atoms with E-state index in [9.17, 15) is 4.79 Å². The van der Waals surface area contributed by atoms with Crippen LogP contribution in [0.4, 0.5) is 0 Å². The standard InChI is InChI=1S/C13H13ClN2O2/c1-10-15-5-6-16(10)7-8-18-13-4-2-3-12(14)11(13)9-17/h2-6,9H,7-8H2,1H3. The smallest absolute Gasteiger partial charge is 0.155 e. The molecule has 1 aromatic heterocycles. The lowest BCUT2D eigenvalue weighted by Crippen LogP contribution is -2.09. The highest BCUT2D eigenvalue weighted by atomic mass is 35.5. The molecule has 0 aliphatic rings. The number of halogens is 1. The average molecular weight is 265 g/mol. The minimum atomic E-state index is 0.390. The van der Waals surface area contributed by atoms with Crippen LogP contribution in [0.3, 0.4) is 0 Å². The molecule has 0 atom stereocenters. The second-order valence-electron chi connectivity index (χ2n) is 3.79. The highest BCUT2D eigenvalue weighted by Crippen LogP contribution is 2.24. The number of hydrogen-bond acceptors (Lipinski definition) is 3. The van der Waals surface area contributed by atoms with Gasteiger partial charge >= 0.3 is 0 Å². The Balaban J connectivity index is 2.01. The van der Waals surface area contributed by atoms with Crippen molar-refractivity contribution in [3.63, 3.8) is 0 Å². The van der Waals surface area contributed by atoms with E-state index >= 15 is 0 Å². The molecule has 0 aliphatic heterocycles. The summed E-state index contributed by atoms with van der Waals surface area (Å²) in [6.45, 7) is 3.06. The molecule has 0 fully saturated rings. The quantitative estimate of drug-likeness (QED) is 0.780. The Morgan fingerprint density at radius 2 is 2.33 bits per heavy atom. The zero-order valence-electron chi connectivity index (χ0n) is 9.97. The normalized spacial score (nSPS) is 10.3. The predicted octanol–water partition coefficient (Wildman–Crippen LogP) is 2.74. The first kappa shape index (κ1) is 12.6. The van der Waals surface area contributed by atoms with Crippen LogP contribution in [0.25, 0.3) is 0 Å². The number of imidazole rings is 1. The molecule has 94 valence electrons. The van der Waals surface area contributed by atoms with Crippen LogP contribution < -0.4 is 4.74 Å². The van der Waals surface area contributed by atoms with E-state index in [4.69, 9.17) is 16.3 Å². The second kappa shape index (κ2) is 5.69. The van der Waals surface area contributed by atoms with Crippen molar-refractivity contribution in [2.24, 2.45) is 0 Å². The third kappa shape index (κ3) is 2.71. The summed E-state index contributed by atoms with van der Waals surface area (Å²) in [5, 5.41) is 0.404. The van der Waals surface area contributed by atoms with E-state index in [-0.39, 0.29) is 0 Å². The summed E-state index contributed by atoms with van der Waals surface area (Å²) in [6, 6.07) is 5.15. The molecule has 0 saturated carbocycles. The number of benzene rings is 1. The van der Waals surface area contributed by atoms with Gasteiger partial charge in [0.25, 0.3) is 0 Å². The Bertz CT molecular complexity index is 552. The molecule has 1 heterocycles. The largest absolute Gasteiger partial charge is 0.491 e. The van der Waals surface area contributed by atoms with E-state index in [2.05, 4.69) is 4.98 Å². The number of carbonyl (C=O) groups is 1. The lowest BCUT2D eigenvalue weighted by molar-refractivity contribution is 0.111. The van der Waals surface area contributed by atoms with E-state index in [1.54, 1.807) is 24.4 Å².